The highest BCUT2D eigenvalue weighted by Crippen LogP contribution is 2.36. The van der Waals surface area contributed by atoms with Crippen molar-refractivity contribution in [2.75, 3.05) is 35.5 Å². The summed E-state index contributed by atoms with van der Waals surface area (Å²) < 4.78 is 24.4. The number of para-hydroxylation sites is 3. The molecule has 0 spiro atoms. The first kappa shape index (κ1) is 36.2. The van der Waals surface area contributed by atoms with Gasteiger partial charge in [0.15, 0.2) is 34.5 Å². The van der Waals surface area contributed by atoms with Crippen molar-refractivity contribution in [3.8, 4) is 46.0 Å². The molecule has 3 rings (SSSR count). The van der Waals surface area contributed by atoms with E-state index in [1.165, 1.54) is 48.4 Å². The van der Waals surface area contributed by atoms with Crippen molar-refractivity contribution in [1.29, 1.82) is 0 Å². The topological polar surface area (TPSA) is 107 Å². The van der Waals surface area contributed by atoms with Crippen molar-refractivity contribution < 1.29 is 39.0 Å². The molecule has 0 saturated carbocycles. The summed E-state index contributed by atoms with van der Waals surface area (Å²) >= 11 is 0. The van der Waals surface area contributed by atoms with Crippen molar-refractivity contribution >= 4 is 0 Å². The Morgan fingerprint density at radius 2 is 0.868 bits per heavy atom. The third-order valence-electron chi connectivity index (χ3n) is 4.61. The number of hydrogen-bond donors (Lipinski definition) is 3. The fourth-order valence-corrected chi connectivity index (χ4v) is 2.49. The largest absolute Gasteiger partial charge is 0.504 e. The Hall–Kier alpha value is -3.94. The zero-order valence-electron chi connectivity index (χ0n) is 24.5. The van der Waals surface area contributed by atoms with Gasteiger partial charge in [0.25, 0.3) is 0 Å². The maximum atomic E-state index is 9.46. The first-order chi connectivity index (χ1) is 18.2. The molecule has 0 heterocycles. The van der Waals surface area contributed by atoms with Gasteiger partial charge in [-0.2, -0.15) is 0 Å². The highest BCUT2D eigenvalue weighted by molar-refractivity contribution is 5.52. The quantitative estimate of drug-likeness (QED) is 0.301. The molecule has 0 amide bonds. The maximum absolute atomic E-state index is 9.46. The molecule has 8 nitrogen and oxygen atoms in total. The van der Waals surface area contributed by atoms with Crippen LogP contribution in [0.25, 0.3) is 0 Å². The minimum Gasteiger partial charge on any atom is -0.504 e. The molecule has 214 valence electrons. The Balaban J connectivity index is 0. The van der Waals surface area contributed by atoms with Crippen LogP contribution < -0.4 is 23.7 Å². The Bertz CT molecular complexity index is 956. The molecule has 0 atom stereocenters. The summed E-state index contributed by atoms with van der Waals surface area (Å²) in [5.74, 6) is 2.49. The number of rotatable bonds is 6. The molecule has 3 aromatic rings. The molecular weight excluding hydrogens is 488 g/mol. The van der Waals surface area contributed by atoms with Crippen molar-refractivity contribution in [3.05, 3.63) is 60.2 Å². The Morgan fingerprint density at radius 1 is 0.526 bits per heavy atom. The Kier molecular flexibility index (Phi) is 21.2. The number of phenols is 3. The molecule has 0 aromatic heterocycles. The van der Waals surface area contributed by atoms with Crippen molar-refractivity contribution in [2.45, 2.75) is 47.5 Å². The Morgan fingerprint density at radius 3 is 1.18 bits per heavy atom. The molecular formula is C30H46O8. The van der Waals surface area contributed by atoms with E-state index in [0.717, 1.165) is 5.56 Å². The smallest absolute Gasteiger partial charge is 0.200 e. The van der Waals surface area contributed by atoms with E-state index in [2.05, 4.69) is 13.8 Å². The predicted octanol–water partition coefficient (Wildman–Crippen LogP) is 7.36. The molecule has 38 heavy (non-hydrogen) atoms. The summed E-state index contributed by atoms with van der Waals surface area (Å²) in [4.78, 5) is 0. The molecule has 0 saturated heterocycles. The first-order valence-corrected chi connectivity index (χ1v) is 12.4. The molecule has 0 aliphatic rings. The zero-order valence-corrected chi connectivity index (χ0v) is 24.5. The second-order valence-electron chi connectivity index (χ2n) is 7.20. The van der Waals surface area contributed by atoms with E-state index < -0.39 is 0 Å². The van der Waals surface area contributed by atoms with Gasteiger partial charge in [0.2, 0.25) is 11.5 Å². The fraction of sp³-hybridized carbons (Fsp3) is 0.400. The van der Waals surface area contributed by atoms with Gasteiger partial charge in [-0.25, -0.2) is 0 Å². The van der Waals surface area contributed by atoms with Crippen LogP contribution in [0.1, 0.15) is 46.1 Å². The minimum atomic E-state index is 0.0394. The molecule has 0 radical (unpaired) electrons. The molecule has 3 aromatic carbocycles. The number of methoxy groups -OCH3 is 5. The summed E-state index contributed by atoms with van der Waals surface area (Å²) in [7, 11) is 7.53. The molecule has 0 aliphatic carbocycles. The van der Waals surface area contributed by atoms with Crippen LogP contribution in [0.2, 0.25) is 0 Å². The number of benzene rings is 3. The molecule has 0 aliphatic heterocycles. The van der Waals surface area contributed by atoms with E-state index in [1.807, 2.05) is 20.8 Å². The zero-order chi connectivity index (χ0) is 29.5. The normalized spacial score (nSPS) is 8.79. The van der Waals surface area contributed by atoms with Crippen LogP contribution in [0.15, 0.2) is 54.6 Å². The SMILES string of the molecule is CC.CCCC.COc1cc(C)cc(OC)c1O.COc1cccc(OC)c1O.COc1ccccc1O. The van der Waals surface area contributed by atoms with E-state index in [1.54, 1.807) is 54.6 Å². The van der Waals surface area contributed by atoms with E-state index in [-0.39, 0.29) is 17.2 Å². The summed E-state index contributed by atoms with van der Waals surface area (Å²) in [5.41, 5.74) is 0.988. The first-order valence-electron chi connectivity index (χ1n) is 12.4. The number of aryl methyl sites for hydroxylation is 1. The lowest BCUT2D eigenvalue weighted by Gasteiger charge is -2.08. The number of hydrogen-bond acceptors (Lipinski definition) is 8. The number of phenolic OH excluding ortho intramolecular Hbond substituents is 3. The molecule has 0 unspecified atom stereocenters. The highest BCUT2D eigenvalue weighted by atomic mass is 16.5. The minimum absolute atomic E-state index is 0.0394. The van der Waals surface area contributed by atoms with Gasteiger partial charge in [-0.3, -0.25) is 0 Å². The van der Waals surface area contributed by atoms with E-state index >= 15 is 0 Å². The van der Waals surface area contributed by atoms with E-state index in [0.29, 0.717) is 28.7 Å². The van der Waals surface area contributed by atoms with Crippen molar-refractivity contribution in [3.63, 3.8) is 0 Å². The van der Waals surface area contributed by atoms with Gasteiger partial charge in [-0.15, -0.1) is 0 Å². The second kappa shape index (κ2) is 22.3. The second-order valence-corrected chi connectivity index (χ2v) is 7.20. The van der Waals surface area contributed by atoms with Crippen LogP contribution in [0.4, 0.5) is 0 Å². The van der Waals surface area contributed by atoms with Crippen molar-refractivity contribution in [1.82, 2.24) is 0 Å². The summed E-state index contributed by atoms with van der Waals surface area (Å²) in [6.07, 6.45) is 2.64. The van der Waals surface area contributed by atoms with Crippen LogP contribution >= 0.6 is 0 Å². The Labute approximate surface area is 228 Å². The predicted molar refractivity (Wildman–Crippen MR) is 154 cm³/mol. The van der Waals surface area contributed by atoms with Crippen LogP contribution in [0.3, 0.4) is 0 Å². The van der Waals surface area contributed by atoms with Gasteiger partial charge in [-0.05, 0) is 48.9 Å². The van der Waals surface area contributed by atoms with E-state index in [4.69, 9.17) is 28.8 Å². The van der Waals surface area contributed by atoms with Gasteiger partial charge in [0.05, 0.1) is 35.5 Å². The van der Waals surface area contributed by atoms with E-state index in [9.17, 15) is 10.2 Å². The van der Waals surface area contributed by atoms with Crippen LogP contribution in [-0.2, 0) is 0 Å². The summed E-state index contributed by atoms with van der Waals surface area (Å²) in [6, 6.07) is 15.4. The standard InChI is InChI=1S/C9H12O3.C8H10O3.C7H8O2.C4H10.C2H6/c1-6-4-7(11-2)9(10)8(5-6)12-3;1-10-6-4-3-5-7(11-2)8(6)9;1-9-7-5-3-2-4-6(7)8;1-3-4-2;1-2/h4-5,10H,1-3H3;3-5,9H,1-2H3;2-5,8H,1H3;3-4H2,1-2H3;1-2H3. The number of aromatic hydroxyl groups is 3. The third kappa shape index (κ3) is 13.4. The van der Waals surface area contributed by atoms with Crippen molar-refractivity contribution in [2.24, 2.45) is 0 Å². The lowest BCUT2D eigenvalue weighted by atomic mass is 10.2. The maximum Gasteiger partial charge on any atom is 0.200 e. The third-order valence-corrected chi connectivity index (χ3v) is 4.61. The molecule has 0 fully saturated rings. The average molecular weight is 535 g/mol. The lowest BCUT2D eigenvalue weighted by Crippen LogP contribution is -1.89. The molecule has 0 bridgehead atoms. The molecule has 8 heteroatoms. The lowest BCUT2D eigenvalue weighted by molar-refractivity contribution is 0.339. The van der Waals surface area contributed by atoms with Gasteiger partial charge in [0.1, 0.15) is 0 Å². The number of ether oxygens (including phenoxy) is 5. The molecule has 3 N–H and O–H groups in total. The number of unbranched alkanes of at least 4 members (excludes halogenated alkanes) is 1. The van der Waals surface area contributed by atoms with Crippen LogP contribution in [0.5, 0.6) is 46.0 Å². The van der Waals surface area contributed by atoms with Gasteiger partial charge < -0.3 is 39.0 Å². The van der Waals surface area contributed by atoms with Gasteiger partial charge >= 0.3 is 0 Å². The van der Waals surface area contributed by atoms with Crippen LogP contribution in [-0.4, -0.2) is 50.9 Å². The van der Waals surface area contributed by atoms with Crippen LogP contribution in [0, 0.1) is 6.92 Å². The van der Waals surface area contributed by atoms with Gasteiger partial charge in [-0.1, -0.05) is 58.7 Å². The highest BCUT2D eigenvalue weighted by Gasteiger charge is 2.08. The summed E-state index contributed by atoms with van der Waals surface area (Å²) in [6.45, 7) is 10.3. The average Bonchev–Trinajstić information content (AvgIpc) is 2.96. The summed E-state index contributed by atoms with van der Waals surface area (Å²) in [5, 5.41) is 27.8. The van der Waals surface area contributed by atoms with Gasteiger partial charge in [0, 0.05) is 0 Å². The monoisotopic (exact) mass is 534 g/mol. The fourth-order valence-electron chi connectivity index (χ4n) is 2.49.